The Morgan fingerprint density at radius 3 is 2.76 bits per heavy atom. The lowest BCUT2D eigenvalue weighted by atomic mass is 10.3. The van der Waals surface area contributed by atoms with Crippen LogP contribution in [0.2, 0.25) is 0 Å². The fourth-order valence-electron chi connectivity index (χ4n) is 2.28. The lowest BCUT2D eigenvalue weighted by Crippen LogP contribution is -2.58. The van der Waals surface area contributed by atoms with Gasteiger partial charge in [0.05, 0.1) is 24.7 Å². The molecule has 1 aliphatic heterocycles. The number of aliphatic carboxylic acids is 1. The Morgan fingerprint density at radius 2 is 2.19 bits per heavy atom. The second kappa shape index (κ2) is 6.71. The van der Waals surface area contributed by atoms with Gasteiger partial charge in [-0.25, -0.2) is 8.42 Å². The maximum absolute atomic E-state index is 12.0. The molecule has 2 fully saturated rings. The number of rotatable bonds is 8. The standard InChI is InChI=1S/C12H20N2O6S/c15-8-14-3-4-20-5-11(14)13-10(12(16)17)7-21(18,19)6-9-1-2-9/h8-11,13H,1-7H2,(H,16,17). The number of ether oxygens (including phenoxy) is 1. The van der Waals surface area contributed by atoms with Crippen molar-refractivity contribution >= 4 is 22.2 Å². The number of carboxylic acids is 1. The molecule has 2 N–H and O–H groups in total. The van der Waals surface area contributed by atoms with Gasteiger partial charge in [0.2, 0.25) is 6.41 Å². The lowest BCUT2D eigenvalue weighted by molar-refractivity contribution is -0.141. The van der Waals surface area contributed by atoms with Crippen LogP contribution in [0.3, 0.4) is 0 Å². The third-order valence-corrected chi connectivity index (χ3v) is 5.42. The summed E-state index contributed by atoms with van der Waals surface area (Å²) in [6.07, 6.45) is 1.77. The molecule has 0 aromatic carbocycles. The van der Waals surface area contributed by atoms with E-state index < -0.39 is 33.8 Å². The smallest absolute Gasteiger partial charge is 0.321 e. The van der Waals surface area contributed by atoms with E-state index in [1.807, 2.05) is 0 Å². The largest absolute Gasteiger partial charge is 0.480 e. The molecule has 120 valence electrons. The zero-order chi connectivity index (χ0) is 15.5. The third kappa shape index (κ3) is 4.94. The van der Waals surface area contributed by atoms with Gasteiger partial charge in [-0.05, 0) is 18.8 Å². The van der Waals surface area contributed by atoms with Crippen LogP contribution < -0.4 is 5.32 Å². The Morgan fingerprint density at radius 1 is 1.48 bits per heavy atom. The summed E-state index contributed by atoms with van der Waals surface area (Å²) in [5.41, 5.74) is 0. The topological polar surface area (TPSA) is 113 Å². The second-order valence-corrected chi connectivity index (χ2v) is 7.67. The van der Waals surface area contributed by atoms with Crippen molar-refractivity contribution in [2.24, 2.45) is 5.92 Å². The number of carbonyl (C=O) groups is 2. The average Bonchev–Trinajstić information content (AvgIpc) is 3.21. The number of nitrogens with zero attached hydrogens (tertiary/aromatic N) is 1. The van der Waals surface area contributed by atoms with E-state index in [4.69, 9.17) is 4.74 Å². The van der Waals surface area contributed by atoms with Crippen molar-refractivity contribution in [2.45, 2.75) is 25.0 Å². The molecule has 1 heterocycles. The van der Waals surface area contributed by atoms with Gasteiger partial charge in [0.15, 0.2) is 9.84 Å². The van der Waals surface area contributed by atoms with Crippen LogP contribution >= 0.6 is 0 Å². The average molecular weight is 320 g/mol. The van der Waals surface area contributed by atoms with Crippen molar-refractivity contribution in [3.63, 3.8) is 0 Å². The number of amides is 1. The highest BCUT2D eigenvalue weighted by Crippen LogP contribution is 2.30. The second-order valence-electron chi connectivity index (χ2n) is 5.51. The van der Waals surface area contributed by atoms with Gasteiger partial charge in [-0.3, -0.25) is 14.9 Å². The van der Waals surface area contributed by atoms with Gasteiger partial charge < -0.3 is 14.7 Å². The van der Waals surface area contributed by atoms with E-state index in [1.54, 1.807) is 0 Å². The maximum atomic E-state index is 12.0. The van der Waals surface area contributed by atoms with Gasteiger partial charge in [-0.1, -0.05) is 0 Å². The molecule has 9 heteroatoms. The zero-order valence-corrected chi connectivity index (χ0v) is 12.4. The third-order valence-electron chi connectivity index (χ3n) is 3.60. The molecule has 2 atom stereocenters. The van der Waals surface area contributed by atoms with Crippen LogP contribution in [0.4, 0.5) is 0 Å². The number of nitrogens with one attached hydrogen (secondary N) is 1. The molecule has 8 nitrogen and oxygen atoms in total. The minimum Gasteiger partial charge on any atom is -0.480 e. The van der Waals surface area contributed by atoms with Crippen molar-refractivity contribution in [1.82, 2.24) is 10.2 Å². The first kappa shape index (κ1) is 16.2. The number of sulfone groups is 1. The molecule has 2 rings (SSSR count). The van der Waals surface area contributed by atoms with Crippen molar-refractivity contribution in [2.75, 3.05) is 31.3 Å². The van der Waals surface area contributed by atoms with Crippen molar-refractivity contribution < 1.29 is 27.9 Å². The van der Waals surface area contributed by atoms with E-state index in [0.717, 1.165) is 12.8 Å². The number of morpholine rings is 1. The van der Waals surface area contributed by atoms with Gasteiger partial charge in [0, 0.05) is 6.54 Å². The Bertz CT molecular complexity index is 490. The summed E-state index contributed by atoms with van der Waals surface area (Å²) in [4.78, 5) is 23.6. The molecule has 2 aliphatic rings. The number of carboxylic acid groups (broad SMARTS) is 1. The predicted molar refractivity (Wildman–Crippen MR) is 73.3 cm³/mol. The van der Waals surface area contributed by atoms with Crippen LogP contribution in [0.1, 0.15) is 12.8 Å². The molecular weight excluding hydrogens is 300 g/mol. The van der Waals surface area contributed by atoms with Crippen LogP contribution in [0.5, 0.6) is 0 Å². The minimum atomic E-state index is -3.43. The predicted octanol–water partition coefficient (Wildman–Crippen LogP) is -1.33. The number of hydrogen-bond acceptors (Lipinski definition) is 6. The molecule has 1 saturated heterocycles. The number of hydrogen-bond donors (Lipinski definition) is 2. The Hall–Kier alpha value is -1.19. The Labute approximate surface area is 123 Å². The van der Waals surface area contributed by atoms with E-state index in [-0.39, 0.29) is 18.3 Å². The minimum absolute atomic E-state index is 0.0387. The van der Waals surface area contributed by atoms with E-state index in [9.17, 15) is 23.1 Å². The fraction of sp³-hybridized carbons (Fsp3) is 0.833. The van der Waals surface area contributed by atoms with Crippen molar-refractivity contribution in [1.29, 1.82) is 0 Å². The van der Waals surface area contributed by atoms with E-state index in [0.29, 0.717) is 19.6 Å². The molecular formula is C12H20N2O6S. The van der Waals surface area contributed by atoms with Gasteiger partial charge in [-0.2, -0.15) is 0 Å². The highest BCUT2D eigenvalue weighted by atomic mass is 32.2. The van der Waals surface area contributed by atoms with Gasteiger partial charge in [0.1, 0.15) is 12.2 Å². The van der Waals surface area contributed by atoms with Crippen LogP contribution in [-0.2, 0) is 24.2 Å². The van der Waals surface area contributed by atoms with Crippen LogP contribution in [0.15, 0.2) is 0 Å². The molecule has 21 heavy (non-hydrogen) atoms. The maximum Gasteiger partial charge on any atom is 0.321 e. The van der Waals surface area contributed by atoms with E-state index in [1.165, 1.54) is 4.90 Å². The summed E-state index contributed by atoms with van der Waals surface area (Å²) in [6, 6.07) is -1.25. The highest BCUT2D eigenvalue weighted by molar-refractivity contribution is 7.91. The summed E-state index contributed by atoms with van der Waals surface area (Å²) in [6.45, 7) is 0.877. The van der Waals surface area contributed by atoms with Gasteiger partial charge >= 0.3 is 5.97 Å². The quantitative estimate of drug-likeness (QED) is 0.533. The summed E-state index contributed by atoms with van der Waals surface area (Å²) < 4.78 is 29.1. The zero-order valence-electron chi connectivity index (χ0n) is 11.6. The van der Waals surface area contributed by atoms with Gasteiger partial charge in [0.25, 0.3) is 0 Å². The molecule has 1 aliphatic carbocycles. The lowest BCUT2D eigenvalue weighted by Gasteiger charge is -2.34. The Kier molecular flexibility index (Phi) is 5.17. The molecule has 0 aromatic heterocycles. The molecule has 2 unspecified atom stereocenters. The molecule has 1 amide bonds. The van der Waals surface area contributed by atoms with Gasteiger partial charge in [-0.15, -0.1) is 0 Å². The SMILES string of the molecule is O=CN1CCOCC1NC(CS(=O)(=O)CC1CC1)C(=O)O. The summed E-state index contributed by atoms with van der Waals surface area (Å²) in [5, 5.41) is 11.9. The molecule has 0 radical (unpaired) electrons. The summed E-state index contributed by atoms with van der Waals surface area (Å²) in [5.74, 6) is -1.50. The van der Waals surface area contributed by atoms with E-state index >= 15 is 0 Å². The van der Waals surface area contributed by atoms with Crippen molar-refractivity contribution in [3.05, 3.63) is 0 Å². The van der Waals surface area contributed by atoms with Crippen LogP contribution in [-0.4, -0.2) is 74.3 Å². The first-order valence-electron chi connectivity index (χ1n) is 6.89. The normalized spacial score (nSPS) is 24.6. The summed E-state index contributed by atoms with van der Waals surface area (Å²) in [7, 11) is -3.43. The summed E-state index contributed by atoms with van der Waals surface area (Å²) >= 11 is 0. The van der Waals surface area contributed by atoms with E-state index in [2.05, 4.69) is 5.32 Å². The highest BCUT2D eigenvalue weighted by Gasteiger charge is 2.34. The first-order chi connectivity index (χ1) is 9.91. The fourth-order valence-corrected chi connectivity index (χ4v) is 4.21. The molecule has 1 saturated carbocycles. The van der Waals surface area contributed by atoms with Crippen LogP contribution in [0.25, 0.3) is 0 Å². The van der Waals surface area contributed by atoms with Crippen LogP contribution in [0, 0.1) is 5.92 Å². The molecule has 0 spiro atoms. The monoisotopic (exact) mass is 320 g/mol. The molecule has 0 bridgehead atoms. The first-order valence-corrected chi connectivity index (χ1v) is 8.71. The van der Waals surface area contributed by atoms with Crippen molar-refractivity contribution in [3.8, 4) is 0 Å². The Balaban J connectivity index is 1.97. The molecule has 0 aromatic rings. The number of carbonyl (C=O) groups excluding carboxylic acids is 1.